The Kier molecular flexibility index (Phi) is 12.9. The number of halogens is 1. The zero-order chi connectivity index (χ0) is 34.8. The molecular weight excluding hydrogens is 642 g/mol. The van der Waals surface area contributed by atoms with Gasteiger partial charge in [-0.2, -0.15) is 0 Å². The second-order valence-corrected chi connectivity index (χ2v) is 13.5. The van der Waals surface area contributed by atoms with Crippen LogP contribution in [0.25, 0.3) is 10.8 Å². The van der Waals surface area contributed by atoms with Gasteiger partial charge in [-0.25, -0.2) is 0 Å². The maximum Gasteiger partial charge on any atom is 0.243 e. The number of ether oxygens (including phenoxy) is 1. The second-order valence-electron chi connectivity index (χ2n) is 13.1. The third kappa shape index (κ3) is 9.51. The number of rotatable bonds is 15. The van der Waals surface area contributed by atoms with E-state index in [0.717, 1.165) is 47.6 Å². The molecule has 0 spiro atoms. The summed E-state index contributed by atoms with van der Waals surface area (Å²) in [5.41, 5.74) is 7.37. The minimum atomic E-state index is -0.882. The predicted molar refractivity (Wildman–Crippen MR) is 191 cm³/mol. The van der Waals surface area contributed by atoms with E-state index < -0.39 is 29.9 Å². The molecule has 1 heterocycles. The minimum Gasteiger partial charge on any atom is -0.493 e. The van der Waals surface area contributed by atoms with Gasteiger partial charge < -0.3 is 31.7 Å². The monoisotopic (exact) mass is 689 g/mol. The number of nitrogens with one attached hydrogen (secondary N) is 4. The van der Waals surface area contributed by atoms with Gasteiger partial charge in [0.15, 0.2) is 0 Å². The van der Waals surface area contributed by atoms with Gasteiger partial charge in [0.05, 0.1) is 12.6 Å². The van der Waals surface area contributed by atoms with E-state index in [9.17, 15) is 19.2 Å². The van der Waals surface area contributed by atoms with E-state index in [1.54, 1.807) is 19.1 Å². The maximum absolute atomic E-state index is 14.1. The molecule has 6 N–H and O–H groups in total. The lowest BCUT2D eigenvalue weighted by molar-refractivity contribution is -0.135. The summed E-state index contributed by atoms with van der Waals surface area (Å²) in [4.78, 5) is 54.4. The highest BCUT2D eigenvalue weighted by Gasteiger charge is 2.36. The first-order valence-corrected chi connectivity index (χ1v) is 17.9. The van der Waals surface area contributed by atoms with Gasteiger partial charge in [0.25, 0.3) is 0 Å². The molecule has 4 amide bonds. The molecule has 3 aromatic rings. The number of carbonyl (C=O) groups excluding carboxylic acids is 4. The molecule has 0 bridgehead atoms. The molecule has 0 radical (unpaired) electrons. The number of nitrogens with two attached hydrogens (primary N) is 1. The summed E-state index contributed by atoms with van der Waals surface area (Å²) in [6.45, 7) is 2.62. The highest BCUT2D eigenvalue weighted by Crippen LogP contribution is 2.37. The van der Waals surface area contributed by atoms with Crippen molar-refractivity contribution in [1.29, 1.82) is 0 Å². The molecule has 262 valence electrons. The summed E-state index contributed by atoms with van der Waals surface area (Å²) in [6, 6.07) is 16.4. The summed E-state index contributed by atoms with van der Waals surface area (Å²) in [7, 11) is 0. The molecule has 3 aromatic carbocycles. The zero-order valence-electron chi connectivity index (χ0n) is 28.1. The van der Waals surface area contributed by atoms with E-state index >= 15 is 0 Å². The number of benzene rings is 3. The number of hydrogen-bond donors (Lipinski definition) is 5. The normalized spacial score (nSPS) is 17.7. The molecule has 1 saturated carbocycles. The first kappa shape index (κ1) is 36.1. The van der Waals surface area contributed by atoms with Crippen molar-refractivity contribution in [2.75, 3.05) is 13.2 Å². The lowest BCUT2D eigenvalue weighted by atomic mass is 9.95. The summed E-state index contributed by atoms with van der Waals surface area (Å²) in [5, 5.41) is 14.6. The van der Waals surface area contributed by atoms with Crippen molar-refractivity contribution in [3.63, 3.8) is 0 Å². The van der Waals surface area contributed by atoms with Gasteiger partial charge in [-0.15, -0.1) is 0 Å². The van der Waals surface area contributed by atoms with Gasteiger partial charge in [0.2, 0.25) is 23.6 Å². The van der Waals surface area contributed by atoms with Gasteiger partial charge in [0.1, 0.15) is 23.9 Å². The fourth-order valence-corrected chi connectivity index (χ4v) is 7.20. The van der Waals surface area contributed by atoms with Gasteiger partial charge >= 0.3 is 0 Å². The lowest BCUT2D eigenvalue weighted by Gasteiger charge is -2.31. The molecule has 11 heteroatoms. The molecule has 0 aromatic heterocycles. The molecule has 1 aliphatic heterocycles. The van der Waals surface area contributed by atoms with Crippen LogP contribution >= 0.6 is 11.6 Å². The number of hydrogen-bond acceptors (Lipinski definition) is 6. The Morgan fingerprint density at radius 1 is 0.857 bits per heavy atom. The van der Waals surface area contributed by atoms with Crippen molar-refractivity contribution in [2.24, 2.45) is 11.7 Å². The average Bonchev–Trinajstić information content (AvgIpc) is 3.64. The van der Waals surface area contributed by atoms with Gasteiger partial charge in [-0.05, 0) is 73.0 Å². The van der Waals surface area contributed by atoms with Crippen molar-refractivity contribution < 1.29 is 23.9 Å². The smallest absolute Gasteiger partial charge is 0.243 e. The standard InChI is InChI=1S/C38H48ClN5O5/c1-2-33(45)41-31(23-24-17-18-25-10-3-6-13-27(25)22-24)37(47)44-35(26-11-4-5-12-26)38(48)43-30(15-7-8-20-40)36(46)42-29-19-21-49-32-16-9-14-28(39)34(29)32/h3,6,9-10,13-14,16-18,22,26,29-31,35H,2,4-5,7-8,11-12,15,19-21,23,40H2,1H3,(H,41,45)(H,42,46)(H,43,48)(H,44,47)/t29-,30+,31+,35+/m1/s1. The molecule has 0 saturated heterocycles. The third-order valence-electron chi connectivity index (χ3n) is 9.60. The number of fused-ring (bicyclic) bond motifs is 2. The topological polar surface area (TPSA) is 152 Å². The Bertz CT molecular complexity index is 1630. The van der Waals surface area contributed by atoms with Crippen LogP contribution in [0.3, 0.4) is 0 Å². The van der Waals surface area contributed by atoms with Crippen LogP contribution in [0, 0.1) is 5.92 Å². The highest BCUT2D eigenvalue weighted by molar-refractivity contribution is 6.31. The molecule has 1 fully saturated rings. The SMILES string of the molecule is CCC(=O)N[C@@H](Cc1ccc2ccccc2c1)C(=O)N[C@H](C(=O)N[C@@H](CCCCN)C(=O)N[C@@H]1CCOc2cccc(Cl)c21)C1CCCC1. The van der Waals surface area contributed by atoms with Crippen molar-refractivity contribution >= 4 is 46.0 Å². The third-order valence-corrected chi connectivity index (χ3v) is 9.93. The van der Waals surface area contributed by atoms with Crippen molar-refractivity contribution in [2.45, 2.75) is 95.3 Å². The van der Waals surface area contributed by atoms with E-state index in [-0.39, 0.29) is 36.6 Å². The molecule has 1 aliphatic carbocycles. The van der Waals surface area contributed by atoms with Crippen LogP contribution < -0.4 is 31.7 Å². The Hall–Kier alpha value is -4.15. The van der Waals surface area contributed by atoms with Gasteiger partial charge in [0, 0.05) is 29.8 Å². The zero-order valence-corrected chi connectivity index (χ0v) is 28.9. The van der Waals surface area contributed by atoms with Crippen molar-refractivity contribution in [3.8, 4) is 5.75 Å². The van der Waals surface area contributed by atoms with E-state index in [4.69, 9.17) is 22.1 Å². The molecule has 49 heavy (non-hydrogen) atoms. The first-order valence-electron chi connectivity index (χ1n) is 17.6. The van der Waals surface area contributed by atoms with Crippen molar-refractivity contribution in [1.82, 2.24) is 21.3 Å². The number of unbranched alkanes of at least 4 members (excludes halogenated alkanes) is 1. The molecule has 4 atom stereocenters. The number of carbonyl (C=O) groups is 4. The summed E-state index contributed by atoms with van der Waals surface area (Å²) >= 11 is 6.51. The molecular formula is C38H48ClN5O5. The van der Waals surface area contributed by atoms with Gasteiger partial charge in [-0.1, -0.05) is 79.9 Å². The Labute approximate surface area is 293 Å². The van der Waals surface area contributed by atoms with Crippen LogP contribution in [0.4, 0.5) is 0 Å². The summed E-state index contributed by atoms with van der Waals surface area (Å²) in [6.07, 6.45) is 6.18. The largest absolute Gasteiger partial charge is 0.493 e. The predicted octanol–water partition coefficient (Wildman–Crippen LogP) is 4.86. The van der Waals surface area contributed by atoms with Crippen molar-refractivity contribution in [3.05, 3.63) is 76.8 Å². The van der Waals surface area contributed by atoms with Crippen LogP contribution in [0.1, 0.15) is 81.9 Å². The van der Waals surface area contributed by atoms with Crippen LogP contribution in [0.5, 0.6) is 5.75 Å². The Morgan fingerprint density at radius 3 is 2.39 bits per heavy atom. The molecule has 0 unspecified atom stereocenters. The van der Waals surface area contributed by atoms with Crippen LogP contribution in [0.2, 0.25) is 5.02 Å². The molecule has 2 aliphatic rings. The van der Waals surface area contributed by atoms with E-state index in [1.807, 2.05) is 48.5 Å². The Balaban J connectivity index is 1.33. The van der Waals surface area contributed by atoms with Crippen LogP contribution in [-0.4, -0.2) is 54.9 Å². The van der Waals surface area contributed by atoms with Crippen LogP contribution in [-0.2, 0) is 25.6 Å². The maximum atomic E-state index is 14.1. The fraction of sp³-hybridized carbons (Fsp3) is 0.474. The first-order chi connectivity index (χ1) is 23.8. The molecule has 10 nitrogen and oxygen atoms in total. The molecule has 5 rings (SSSR count). The minimum absolute atomic E-state index is 0.0962. The van der Waals surface area contributed by atoms with E-state index in [0.29, 0.717) is 49.6 Å². The van der Waals surface area contributed by atoms with E-state index in [2.05, 4.69) is 21.3 Å². The highest BCUT2D eigenvalue weighted by atomic mass is 35.5. The summed E-state index contributed by atoms with van der Waals surface area (Å²) < 4.78 is 5.77. The Morgan fingerprint density at radius 2 is 1.63 bits per heavy atom. The average molecular weight is 690 g/mol. The van der Waals surface area contributed by atoms with Crippen LogP contribution in [0.15, 0.2) is 60.7 Å². The van der Waals surface area contributed by atoms with E-state index in [1.165, 1.54) is 0 Å². The number of amides is 4. The lowest BCUT2D eigenvalue weighted by Crippen LogP contribution is -2.59. The van der Waals surface area contributed by atoms with Gasteiger partial charge in [-0.3, -0.25) is 19.2 Å². The summed E-state index contributed by atoms with van der Waals surface area (Å²) in [5.74, 6) is -0.894. The quantitative estimate of drug-likeness (QED) is 0.144. The second kappa shape index (κ2) is 17.5. The fourth-order valence-electron chi connectivity index (χ4n) is 6.90.